The van der Waals surface area contributed by atoms with Gasteiger partial charge in [0.25, 0.3) is 0 Å². The fraction of sp³-hybridized carbons (Fsp3) is 0.765. The van der Waals surface area contributed by atoms with E-state index in [0.717, 1.165) is 34.9 Å². The average Bonchev–Trinajstić information content (AvgIpc) is 2.77. The summed E-state index contributed by atoms with van der Waals surface area (Å²) in [5.41, 5.74) is 1.59. The third-order valence-electron chi connectivity index (χ3n) is 3.89. The number of amides is 1. The van der Waals surface area contributed by atoms with Gasteiger partial charge in [0.05, 0.1) is 12.2 Å². The Bertz CT molecular complexity index is 620. The Hall–Kier alpha value is -0.863. The fourth-order valence-corrected chi connectivity index (χ4v) is 3.78. The number of hydrogen-bond acceptors (Lipinski definition) is 4. The highest BCUT2D eigenvalue weighted by Crippen LogP contribution is 2.27. The summed E-state index contributed by atoms with van der Waals surface area (Å²) in [6.45, 7) is 15.0. The second kappa shape index (κ2) is 7.80. The molecule has 1 aliphatic rings. The lowest BCUT2D eigenvalue weighted by atomic mass is 10.1. The zero-order chi connectivity index (χ0) is 18.8. The normalized spacial score (nSPS) is 15.2. The van der Waals surface area contributed by atoms with Gasteiger partial charge in [-0.05, 0) is 42.7 Å². The summed E-state index contributed by atoms with van der Waals surface area (Å²) >= 11 is 3.62. The summed E-state index contributed by atoms with van der Waals surface area (Å²) in [5, 5.41) is 4.63. The van der Waals surface area contributed by atoms with Crippen LogP contribution in [0.5, 0.6) is 0 Å². The number of nitrogens with zero attached hydrogens (tertiary/aromatic N) is 3. The van der Waals surface area contributed by atoms with Crippen molar-refractivity contribution in [2.45, 2.75) is 71.8 Å². The van der Waals surface area contributed by atoms with Gasteiger partial charge in [-0.15, -0.1) is 0 Å². The lowest BCUT2D eigenvalue weighted by Crippen LogP contribution is -2.39. The second-order valence-corrected chi connectivity index (χ2v) is 15.1. The first-order valence-electron chi connectivity index (χ1n) is 8.76. The van der Waals surface area contributed by atoms with Gasteiger partial charge in [-0.2, -0.15) is 5.10 Å². The number of fused-ring (bicyclic) bond motifs is 1. The summed E-state index contributed by atoms with van der Waals surface area (Å²) in [5.74, 6) is 0. The molecule has 142 valence electrons. The highest BCUT2D eigenvalue weighted by Gasteiger charge is 2.29. The van der Waals surface area contributed by atoms with Crippen LogP contribution in [0.2, 0.25) is 25.7 Å². The van der Waals surface area contributed by atoms with Crippen molar-refractivity contribution >= 4 is 30.1 Å². The number of carbonyl (C=O) groups is 1. The van der Waals surface area contributed by atoms with Crippen LogP contribution in [0.4, 0.5) is 4.79 Å². The molecule has 0 N–H and O–H groups in total. The van der Waals surface area contributed by atoms with Gasteiger partial charge in [0.15, 0.2) is 0 Å². The van der Waals surface area contributed by atoms with E-state index >= 15 is 0 Å². The van der Waals surface area contributed by atoms with Crippen LogP contribution in [0.3, 0.4) is 0 Å². The first-order valence-corrected chi connectivity index (χ1v) is 13.3. The summed E-state index contributed by atoms with van der Waals surface area (Å²) in [6.07, 6.45) is 0.457. The molecule has 0 spiro atoms. The van der Waals surface area contributed by atoms with E-state index in [1.54, 1.807) is 4.90 Å². The minimum atomic E-state index is -1.08. The lowest BCUT2D eigenvalue weighted by Gasteiger charge is -2.29. The van der Waals surface area contributed by atoms with Crippen LogP contribution in [0.25, 0.3) is 0 Å². The molecule has 0 bridgehead atoms. The van der Waals surface area contributed by atoms with Crippen molar-refractivity contribution in [2.24, 2.45) is 0 Å². The molecule has 0 radical (unpaired) electrons. The van der Waals surface area contributed by atoms with Gasteiger partial charge in [0.2, 0.25) is 0 Å². The van der Waals surface area contributed by atoms with E-state index in [-0.39, 0.29) is 6.09 Å². The smallest absolute Gasteiger partial charge is 0.410 e. The van der Waals surface area contributed by atoms with Crippen LogP contribution >= 0.6 is 15.9 Å². The summed E-state index contributed by atoms with van der Waals surface area (Å²) in [7, 11) is -1.08. The van der Waals surface area contributed by atoms with E-state index in [0.29, 0.717) is 19.8 Å². The number of halogens is 1. The quantitative estimate of drug-likeness (QED) is 0.516. The molecule has 2 rings (SSSR count). The van der Waals surface area contributed by atoms with Crippen molar-refractivity contribution in [1.82, 2.24) is 14.7 Å². The van der Waals surface area contributed by atoms with Crippen molar-refractivity contribution < 1.29 is 14.3 Å². The molecule has 1 aromatic rings. The topological polar surface area (TPSA) is 56.6 Å². The minimum Gasteiger partial charge on any atom is -0.444 e. The van der Waals surface area contributed by atoms with Crippen LogP contribution in [-0.2, 0) is 29.2 Å². The van der Waals surface area contributed by atoms with Crippen molar-refractivity contribution in [3.63, 3.8) is 0 Å². The molecule has 0 unspecified atom stereocenters. The van der Waals surface area contributed by atoms with Gasteiger partial charge < -0.3 is 14.4 Å². The zero-order valence-electron chi connectivity index (χ0n) is 16.2. The minimum absolute atomic E-state index is 0.274. The predicted molar refractivity (Wildman–Crippen MR) is 104 cm³/mol. The van der Waals surface area contributed by atoms with E-state index in [4.69, 9.17) is 9.47 Å². The molecule has 0 aliphatic carbocycles. The van der Waals surface area contributed by atoms with Crippen LogP contribution in [0.1, 0.15) is 32.0 Å². The molecule has 0 aromatic carbocycles. The van der Waals surface area contributed by atoms with E-state index in [9.17, 15) is 4.79 Å². The highest BCUT2D eigenvalue weighted by molar-refractivity contribution is 9.10. The van der Waals surface area contributed by atoms with Gasteiger partial charge in [0, 0.05) is 33.2 Å². The standard InChI is InChI=1S/C17H30BrN3O3Si/c1-17(2,3)24-16(22)20-8-7-14-13(11-20)15(18)21(19-14)12-23-9-10-25(4,5)6/h7-12H2,1-6H3. The van der Waals surface area contributed by atoms with Crippen molar-refractivity contribution in [3.8, 4) is 0 Å². The Labute approximate surface area is 160 Å². The Morgan fingerprint density at radius 2 is 2.00 bits per heavy atom. The monoisotopic (exact) mass is 431 g/mol. The molecular formula is C17H30BrN3O3Si. The molecule has 0 saturated heterocycles. The number of rotatable bonds is 5. The van der Waals surface area contributed by atoms with Gasteiger partial charge in [-0.3, -0.25) is 0 Å². The number of aromatic nitrogens is 2. The Morgan fingerprint density at radius 1 is 1.32 bits per heavy atom. The maximum Gasteiger partial charge on any atom is 0.410 e. The zero-order valence-corrected chi connectivity index (χ0v) is 18.8. The van der Waals surface area contributed by atoms with Crippen molar-refractivity contribution in [2.75, 3.05) is 13.2 Å². The van der Waals surface area contributed by atoms with E-state index in [1.165, 1.54) is 0 Å². The lowest BCUT2D eigenvalue weighted by molar-refractivity contribution is 0.0223. The second-order valence-electron chi connectivity index (χ2n) is 8.72. The molecule has 6 nitrogen and oxygen atoms in total. The third kappa shape index (κ3) is 6.11. The summed E-state index contributed by atoms with van der Waals surface area (Å²) < 4.78 is 14.0. The summed E-state index contributed by atoms with van der Waals surface area (Å²) in [6, 6.07) is 1.14. The third-order valence-corrected chi connectivity index (χ3v) is 6.49. The van der Waals surface area contributed by atoms with Gasteiger partial charge in [0.1, 0.15) is 16.9 Å². The molecule has 2 heterocycles. The SMILES string of the molecule is CC(C)(C)OC(=O)N1CCc2nn(COCC[Si](C)(C)C)c(Br)c2C1. The fourth-order valence-electron chi connectivity index (χ4n) is 2.49. The molecular weight excluding hydrogens is 402 g/mol. The number of hydrogen-bond donors (Lipinski definition) is 0. The van der Waals surface area contributed by atoms with Gasteiger partial charge >= 0.3 is 6.09 Å². The maximum atomic E-state index is 12.3. The van der Waals surface area contributed by atoms with Crippen molar-refractivity contribution in [1.29, 1.82) is 0 Å². The van der Waals surface area contributed by atoms with Crippen LogP contribution in [-0.4, -0.2) is 47.6 Å². The largest absolute Gasteiger partial charge is 0.444 e. The molecule has 25 heavy (non-hydrogen) atoms. The Morgan fingerprint density at radius 3 is 2.60 bits per heavy atom. The Kier molecular flexibility index (Phi) is 6.38. The first-order chi connectivity index (χ1) is 11.5. The molecule has 1 aliphatic heterocycles. The van der Waals surface area contributed by atoms with Crippen molar-refractivity contribution in [3.05, 3.63) is 15.9 Å². The molecule has 0 fully saturated rings. The Balaban J connectivity index is 1.96. The van der Waals surface area contributed by atoms with E-state index < -0.39 is 13.7 Å². The van der Waals surface area contributed by atoms with Crippen LogP contribution in [0, 0.1) is 0 Å². The molecule has 8 heteroatoms. The van der Waals surface area contributed by atoms with Crippen LogP contribution in [0.15, 0.2) is 4.60 Å². The molecule has 1 amide bonds. The maximum absolute atomic E-state index is 12.3. The number of carbonyl (C=O) groups excluding carboxylic acids is 1. The predicted octanol–water partition coefficient (Wildman–Crippen LogP) is 4.25. The molecule has 0 atom stereocenters. The molecule has 1 aromatic heterocycles. The van der Waals surface area contributed by atoms with Gasteiger partial charge in [-0.1, -0.05) is 19.6 Å². The van der Waals surface area contributed by atoms with E-state index in [2.05, 4.69) is 40.7 Å². The first kappa shape index (κ1) is 20.4. The van der Waals surface area contributed by atoms with Gasteiger partial charge in [-0.25, -0.2) is 9.48 Å². The van der Waals surface area contributed by atoms with E-state index in [1.807, 2.05) is 25.5 Å². The summed E-state index contributed by atoms with van der Waals surface area (Å²) in [4.78, 5) is 14.0. The van der Waals surface area contributed by atoms with Crippen LogP contribution < -0.4 is 0 Å². The molecule has 0 saturated carbocycles. The highest BCUT2D eigenvalue weighted by atomic mass is 79.9. The number of ether oxygens (including phenoxy) is 2. The average molecular weight is 432 g/mol.